The van der Waals surface area contributed by atoms with E-state index in [0.717, 1.165) is 0 Å². The molecule has 0 heterocycles. The topological polar surface area (TPSA) is 77.1 Å². The van der Waals surface area contributed by atoms with Crippen LogP contribution in [0, 0.1) is 0 Å². The lowest BCUT2D eigenvalue weighted by Crippen LogP contribution is -2.20. The Labute approximate surface area is 107 Å². The molecule has 0 saturated carbocycles. The molecule has 1 aromatic carbocycles. The summed E-state index contributed by atoms with van der Waals surface area (Å²) in [7, 11) is 0. The minimum Gasteiger partial charge on any atom is -0.490 e. The van der Waals surface area contributed by atoms with Crippen molar-refractivity contribution < 1.29 is 27.9 Å². The maximum atomic E-state index is 11.8. The van der Waals surface area contributed by atoms with E-state index in [9.17, 15) is 13.2 Å². The van der Waals surface area contributed by atoms with Crippen LogP contribution in [0.2, 0.25) is 0 Å². The number of hydrogen-bond acceptors (Lipinski definition) is 4. The molecule has 0 aliphatic carbocycles. The summed E-state index contributed by atoms with van der Waals surface area (Å²) in [4.78, 5) is 0. The first kappa shape index (κ1) is 15.1. The lowest BCUT2D eigenvalue weighted by molar-refractivity contribution is -0.175. The number of halogens is 3. The predicted octanol–water partition coefficient (Wildman–Crippen LogP) is 1.74. The van der Waals surface area contributed by atoms with Crippen molar-refractivity contribution in [3.63, 3.8) is 0 Å². The summed E-state index contributed by atoms with van der Waals surface area (Å²) in [6.07, 6.45) is -4.36. The van der Waals surface area contributed by atoms with Crippen LogP contribution >= 0.6 is 0 Å². The second kappa shape index (κ2) is 6.83. The third kappa shape index (κ3) is 5.47. The van der Waals surface area contributed by atoms with Crippen molar-refractivity contribution >= 4 is 5.84 Å². The molecule has 3 N–H and O–H groups in total. The van der Waals surface area contributed by atoms with Gasteiger partial charge in [0.1, 0.15) is 19.0 Å². The molecule has 1 rings (SSSR count). The van der Waals surface area contributed by atoms with Crippen LogP contribution in [0.3, 0.4) is 0 Å². The van der Waals surface area contributed by atoms with E-state index in [0.29, 0.717) is 11.3 Å². The second-order valence-electron chi connectivity index (χ2n) is 3.50. The number of nitrogens with two attached hydrogens (primary N) is 1. The molecule has 8 heteroatoms. The molecule has 5 nitrogen and oxygen atoms in total. The molecule has 0 spiro atoms. The van der Waals surface area contributed by atoms with Crippen molar-refractivity contribution in [2.75, 3.05) is 19.8 Å². The van der Waals surface area contributed by atoms with Crippen LogP contribution in [0.4, 0.5) is 13.2 Å². The minimum absolute atomic E-state index is 0.0776. The fourth-order valence-corrected chi connectivity index (χ4v) is 1.26. The summed E-state index contributed by atoms with van der Waals surface area (Å²) in [6, 6.07) is 6.42. The van der Waals surface area contributed by atoms with Crippen molar-refractivity contribution in [1.82, 2.24) is 0 Å². The van der Waals surface area contributed by atoms with Crippen LogP contribution in [-0.4, -0.2) is 37.0 Å². The molecule has 0 fully saturated rings. The van der Waals surface area contributed by atoms with Gasteiger partial charge in [-0.1, -0.05) is 17.3 Å². The first-order valence-electron chi connectivity index (χ1n) is 5.28. The molecule has 0 atom stereocenters. The highest BCUT2D eigenvalue weighted by atomic mass is 19.4. The van der Waals surface area contributed by atoms with E-state index in [1.54, 1.807) is 24.3 Å². The van der Waals surface area contributed by atoms with Gasteiger partial charge in [0.2, 0.25) is 0 Å². The Balaban J connectivity index is 2.46. The number of rotatable bonds is 6. The van der Waals surface area contributed by atoms with Crippen LogP contribution in [0.15, 0.2) is 29.4 Å². The van der Waals surface area contributed by atoms with Crippen LogP contribution in [-0.2, 0) is 4.74 Å². The van der Waals surface area contributed by atoms with E-state index in [4.69, 9.17) is 15.7 Å². The molecule has 19 heavy (non-hydrogen) atoms. The van der Waals surface area contributed by atoms with Gasteiger partial charge in [-0.3, -0.25) is 0 Å². The van der Waals surface area contributed by atoms with E-state index in [2.05, 4.69) is 9.89 Å². The SMILES string of the molecule is N/C(=N/O)c1ccccc1OCCOCC(F)(F)F. The number of hydrogen-bond donors (Lipinski definition) is 2. The van der Waals surface area contributed by atoms with E-state index in [1.807, 2.05) is 0 Å². The number of oxime groups is 1. The largest absolute Gasteiger partial charge is 0.490 e. The molecular formula is C11H13F3N2O3. The Morgan fingerprint density at radius 2 is 1.95 bits per heavy atom. The lowest BCUT2D eigenvalue weighted by atomic mass is 10.2. The summed E-state index contributed by atoms with van der Waals surface area (Å²) in [5.74, 6) is 0.153. The number of benzene rings is 1. The summed E-state index contributed by atoms with van der Waals surface area (Å²) in [6.45, 7) is -1.62. The minimum atomic E-state index is -4.36. The Morgan fingerprint density at radius 1 is 1.26 bits per heavy atom. The first-order valence-corrected chi connectivity index (χ1v) is 5.28. The zero-order valence-electron chi connectivity index (χ0n) is 9.85. The highest BCUT2D eigenvalue weighted by Gasteiger charge is 2.27. The zero-order valence-corrected chi connectivity index (χ0v) is 9.85. The van der Waals surface area contributed by atoms with Gasteiger partial charge in [0.05, 0.1) is 12.2 Å². The van der Waals surface area contributed by atoms with Gasteiger partial charge in [0.15, 0.2) is 5.84 Å². The summed E-state index contributed by atoms with van der Waals surface area (Å²) in [5, 5.41) is 11.4. The van der Waals surface area contributed by atoms with Gasteiger partial charge in [0, 0.05) is 0 Å². The molecule has 0 amide bonds. The number of nitrogens with zero attached hydrogens (tertiary/aromatic N) is 1. The molecule has 0 bridgehead atoms. The molecule has 0 saturated heterocycles. The molecule has 0 aliphatic rings. The number of para-hydroxylation sites is 1. The van der Waals surface area contributed by atoms with Crippen molar-refractivity contribution in [1.29, 1.82) is 0 Å². The van der Waals surface area contributed by atoms with Gasteiger partial charge in [-0.05, 0) is 12.1 Å². The molecule has 0 aliphatic heterocycles. The second-order valence-corrected chi connectivity index (χ2v) is 3.50. The highest BCUT2D eigenvalue weighted by molar-refractivity contribution is 5.99. The number of amidine groups is 1. The first-order chi connectivity index (χ1) is 8.94. The van der Waals surface area contributed by atoms with Crippen molar-refractivity contribution in [2.24, 2.45) is 10.9 Å². The van der Waals surface area contributed by atoms with Crippen LogP contribution in [0.1, 0.15) is 5.56 Å². The van der Waals surface area contributed by atoms with Gasteiger partial charge in [0.25, 0.3) is 0 Å². The van der Waals surface area contributed by atoms with Gasteiger partial charge in [-0.2, -0.15) is 13.2 Å². The molecular weight excluding hydrogens is 265 g/mol. The summed E-state index contributed by atoms with van der Waals surface area (Å²) in [5.41, 5.74) is 5.77. The number of alkyl halides is 3. The van der Waals surface area contributed by atoms with Crippen molar-refractivity contribution in [2.45, 2.75) is 6.18 Å². The average Bonchev–Trinajstić information content (AvgIpc) is 2.36. The van der Waals surface area contributed by atoms with Gasteiger partial charge < -0.3 is 20.4 Å². The highest BCUT2D eigenvalue weighted by Crippen LogP contribution is 2.18. The van der Waals surface area contributed by atoms with Crippen LogP contribution < -0.4 is 10.5 Å². The van der Waals surface area contributed by atoms with Crippen molar-refractivity contribution in [3.8, 4) is 5.75 Å². The normalized spacial score (nSPS) is 12.5. The monoisotopic (exact) mass is 278 g/mol. The Kier molecular flexibility index (Phi) is 5.43. The Bertz CT molecular complexity index is 435. The summed E-state index contributed by atoms with van der Waals surface area (Å²) >= 11 is 0. The maximum absolute atomic E-state index is 11.8. The molecule has 0 aromatic heterocycles. The quantitative estimate of drug-likeness (QED) is 0.273. The fraction of sp³-hybridized carbons (Fsp3) is 0.364. The molecule has 0 radical (unpaired) electrons. The maximum Gasteiger partial charge on any atom is 0.411 e. The van der Waals surface area contributed by atoms with Crippen LogP contribution in [0.25, 0.3) is 0 Å². The van der Waals surface area contributed by atoms with Crippen LogP contribution in [0.5, 0.6) is 5.75 Å². The van der Waals surface area contributed by atoms with Crippen molar-refractivity contribution in [3.05, 3.63) is 29.8 Å². The van der Waals surface area contributed by atoms with E-state index >= 15 is 0 Å². The zero-order chi connectivity index (χ0) is 14.3. The Hall–Kier alpha value is -1.96. The average molecular weight is 278 g/mol. The molecule has 0 unspecified atom stereocenters. The number of ether oxygens (including phenoxy) is 2. The lowest BCUT2D eigenvalue weighted by Gasteiger charge is -2.11. The predicted molar refractivity (Wildman–Crippen MR) is 61.3 cm³/mol. The molecule has 106 valence electrons. The van der Waals surface area contributed by atoms with Gasteiger partial charge in [-0.15, -0.1) is 0 Å². The van der Waals surface area contributed by atoms with E-state index in [-0.39, 0.29) is 19.0 Å². The Morgan fingerprint density at radius 3 is 2.58 bits per heavy atom. The summed E-state index contributed by atoms with van der Waals surface area (Å²) < 4.78 is 45.0. The smallest absolute Gasteiger partial charge is 0.411 e. The third-order valence-electron chi connectivity index (χ3n) is 2.02. The fourth-order valence-electron chi connectivity index (χ4n) is 1.26. The van der Waals surface area contributed by atoms with Gasteiger partial charge >= 0.3 is 6.18 Å². The third-order valence-corrected chi connectivity index (χ3v) is 2.02. The van der Waals surface area contributed by atoms with E-state index < -0.39 is 12.8 Å². The van der Waals surface area contributed by atoms with Gasteiger partial charge in [-0.25, -0.2) is 0 Å². The van der Waals surface area contributed by atoms with E-state index in [1.165, 1.54) is 0 Å². The standard InChI is InChI=1S/C11H13F3N2O3/c12-11(13,14)7-18-5-6-19-9-4-2-1-3-8(9)10(15)16-17/h1-4,17H,5-7H2,(H2,15,16). The molecule has 1 aromatic rings.